The molecule has 628 valence electrons. The fourth-order valence-electron chi connectivity index (χ4n) is 10.3. The van der Waals surface area contributed by atoms with E-state index in [9.17, 15) is 38.4 Å². The first kappa shape index (κ1) is 107. The lowest BCUT2D eigenvalue weighted by atomic mass is 9.95. The zero-order valence-electron chi connectivity index (χ0n) is 67.2. The summed E-state index contributed by atoms with van der Waals surface area (Å²) in [4.78, 5) is 98.6. The smallest absolute Gasteiger partial charge is 0.408 e. The molecule has 115 heavy (non-hydrogen) atoms. The second kappa shape index (κ2) is 60.4. The van der Waals surface area contributed by atoms with E-state index in [4.69, 9.17) is 50.5 Å². The van der Waals surface area contributed by atoms with Crippen molar-refractivity contribution in [2.75, 3.05) is 69.5 Å². The molecule has 12 N–H and O–H groups in total. The Hall–Kier alpha value is -10.2. The van der Waals surface area contributed by atoms with Crippen LogP contribution < -0.4 is 48.7 Å². The Morgan fingerprint density at radius 1 is 0.539 bits per heavy atom. The number of aliphatic imine (C=N–C) groups is 1. The Morgan fingerprint density at radius 3 is 1.31 bits per heavy atom. The minimum absolute atomic E-state index is 0. The number of para-hydroxylation sites is 3. The number of Topliss-reactive ketones (excluding diaryl/α,β-unsaturated/α-hetero) is 2. The number of piperidine rings is 3. The van der Waals surface area contributed by atoms with E-state index in [1.165, 1.54) is 5.56 Å². The number of isothiocyanates is 1. The molecule has 0 radical (unpaired) electrons. The van der Waals surface area contributed by atoms with E-state index in [0.717, 1.165) is 104 Å². The summed E-state index contributed by atoms with van der Waals surface area (Å²) in [6, 6.07) is 68.8. The maximum atomic E-state index is 12.5. The molecule has 1 spiro atoms. The molecule has 7 aromatic carbocycles. The van der Waals surface area contributed by atoms with Crippen molar-refractivity contribution in [3.63, 3.8) is 0 Å². The maximum absolute atomic E-state index is 12.5. The van der Waals surface area contributed by atoms with Gasteiger partial charge in [-0.1, -0.05) is 183 Å². The molecular formula is C87H121ClN13O11S3-3. The molecule has 4 amide bonds. The maximum Gasteiger partial charge on any atom is 0.408 e. The van der Waals surface area contributed by atoms with E-state index in [0.29, 0.717) is 62.2 Å². The number of ketones is 2. The number of alkyl carbamates (subject to hydrolysis) is 1. The summed E-state index contributed by atoms with van der Waals surface area (Å²) in [5.74, 6) is -0.922. The molecule has 4 saturated heterocycles. The van der Waals surface area contributed by atoms with Crippen LogP contribution in [0, 0.1) is 22.3 Å². The summed E-state index contributed by atoms with van der Waals surface area (Å²) in [6.45, 7) is 18.1. The number of esters is 1. The van der Waals surface area contributed by atoms with Crippen LogP contribution in [0.5, 0.6) is 0 Å². The van der Waals surface area contributed by atoms with E-state index in [1.807, 2.05) is 210 Å². The lowest BCUT2D eigenvalue weighted by Crippen LogP contribution is -2.59. The van der Waals surface area contributed by atoms with Gasteiger partial charge in [0.15, 0.2) is 10.2 Å². The van der Waals surface area contributed by atoms with Crippen LogP contribution in [0.1, 0.15) is 123 Å². The quantitative estimate of drug-likeness (QED) is 0.0186. The number of carbonyl (C=O) groups is 8. The number of halogens is 1. The molecule has 11 rings (SSSR count). The molecule has 0 atom stereocenters. The highest BCUT2D eigenvalue weighted by Crippen LogP contribution is 2.32. The van der Waals surface area contributed by atoms with Gasteiger partial charge in [0.25, 0.3) is 0 Å². The van der Waals surface area contributed by atoms with Gasteiger partial charge in [-0.05, 0) is 137 Å². The number of carbonyl (C=O) groups excluding carboxylic acids is 7. The van der Waals surface area contributed by atoms with Crippen molar-refractivity contribution in [2.24, 2.45) is 16.5 Å². The Kier molecular flexibility index (Phi) is 56.1. The summed E-state index contributed by atoms with van der Waals surface area (Å²) in [5.41, 5.74) is 16.4. The molecular weight excluding hydrogens is 1530 g/mol. The predicted molar refractivity (Wildman–Crippen MR) is 478 cm³/mol. The number of nitrogens with two attached hydrogens (primary N) is 2. The van der Waals surface area contributed by atoms with Crippen molar-refractivity contribution in [2.45, 2.75) is 143 Å². The van der Waals surface area contributed by atoms with Crippen molar-refractivity contribution in [3.8, 4) is 0 Å². The van der Waals surface area contributed by atoms with Gasteiger partial charge in [0.1, 0.15) is 29.3 Å². The number of carboxylic acid groups (broad SMARTS) is 1. The van der Waals surface area contributed by atoms with Crippen LogP contribution >= 0.6 is 49.1 Å². The third kappa shape index (κ3) is 48.6. The van der Waals surface area contributed by atoms with Crippen molar-refractivity contribution >= 4 is 129 Å². The first-order chi connectivity index (χ1) is 52.7. The van der Waals surface area contributed by atoms with Gasteiger partial charge in [-0.3, -0.25) is 38.9 Å². The summed E-state index contributed by atoms with van der Waals surface area (Å²) in [5, 5.41) is 32.9. The average molecular weight is 1660 g/mol. The fourth-order valence-corrected chi connectivity index (χ4v) is 11.0. The molecule has 28 heteroatoms. The molecule has 0 saturated carbocycles. The lowest BCUT2D eigenvalue weighted by molar-refractivity contribution is -0.157. The van der Waals surface area contributed by atoms with Crippen LogP contribution in [0.2, 0.25) is 0 Å². The number of nitrogens with zero attached hydrogens (tertiary/aromatic N) is 4. The molecule has 0 aromatic heterocycles. The Morgan fingerprint density at radius 2 is 0.930 bits per heavy atom. The van der Waals surface area contributed by atoms with Crippen LogP contribution in [0.3, 0.4) is 0 Å². The van der Waals surface area contributed by atoms with Gasteiger partial charge < -0.3 is 94.9 Å². The van der Waals surface area contributed by atoms with Gasteiger partial charge in [0.2, 0.25) is 17.7 Å². The van der Waals surface area contributed by atoms with E-state index in [-0.39, 0.29) is 91.4 Å². The number of carboxylic acids is 1. The van der Waals surface area contributed by atoms with Gasteiger partial charge in [-0.25, -0.2) is 4.79 Å². The second-order valence-corrected chi connectivity index (χ2v) is 28.0. The number of ether oxygens (including phenoxy) is 2. The molecule has 4 fully saturated rings. The van der Waals surface area contributed by atoms with Gasteiger partial charge in [-0.2, -0.15) is 4.99 Å². The number of likely N-dealkylation sites (tertiary alicyclic amines) is 2. The summed E-state index contributed by atoms with van der Waals surface area (Å²) >= 11 is 15.3. The van der Waals surface area contributed by atoms with Gasteiger partial charge in [-0.15, -0.1) is 12.4 Å². The van der Waals surface area contributed by atoms with Crippen LogP contribution in [0.15, 0.2) is 217 Å². The number of hydrogen-bond acceptors (Lipinski definition) is 18. The van der Waals surface area contributed by atoms with Crippen LogP contribution in [-0.2, 0) is 69.2 Å². The minimum atomic E-state index is -0.985. The minimum Gasteiger partial charge on any atom is -0.481 e. The lowest BCUT2D eigenvalue weighted by Gasteiger charge is -2.45. The molecule has 4 aliphatic rings. The number of rotatable bonds is 16. The van der Waals surface area contributed by atoms with E-state index < -0.39 is 29.2 Å². The number of hydrogen-bond donors (Lipinski definition) is 10. The summed E-state index contributed by atoms with van der Waals surface area (Å²) < 4.78 is 9.91. The van der Waals surface area contributed by atoms with Crippen molar-refractivity contribution in [1.82, 2.24) is 41.3 Å². The number of thiocarbonyl (C=S) groups is 3. The summed E-state index contributed by atoms with van der Waals surface area (Å²) in [7, 11) is 0. The first-order valence-corrected chi connectivity index (χ1v) is 37.5. The van der Waals surface area contributed by atoms with Gasteiger partial charge in [0.05, 0.1) is 42.4 Å². The molecule has 0 bridgehead atoms. The Bertz CT molecular complexity index is 3940. The Labute approximate surface area is 704 Å². The molecule has 0 unspecified atom stereocenters. The molecule has 0 aliphatic carbocycles. The Balaban J connectivity index is 0. The third-order valence-electron chi connectivity index (χ3n) is 15.9. The highest BCUT2D eigenvalue weighted by atomic mass is 35.5. The second-order valence-electron chi connectivity index (χ2n) is 27.0. The van der Waals surface area contributed by atoms with E-state index >= 15 is 0 Å². The highest BCUT2D eigenvalue weighted by Gasteiger charge is 2.47. The van der Waals surface area contributed by atoms with Crippen LogP contribution in [0.4, 0.5) is 21.9 Å². The van der Waals surface area contributed by atoms with E-state index in [1.54, 1.807) is 41.5 Å². The zero-order valence-corrected chi connectivity index (χ0v) is 70.4. The van der Waals surface area contributed by atoms with Crippen LogP contribution in [0.25, 0.3) is 0 Å². The fraction of sp³-hybridized carbons (Fsp3) is 0.356. The number of aliphatic carboxylic acids is 1. The molecule has 7 aromatic rings. The van der Waals surface area contributed by atoms with Gasteiger partial charge in [0, 0.05) is 115 Å². The normalized spacial score (nSPS) is 13.1. The van der Waals surface area contributed by atoms with Crippen molar-refractivity contribution < 1.29 is 52.9 Å². The molecule has 4 aliphatic heterocycles. The number of anilines is 2. The zero-order chi connectivity index (χ0) is 80.4. The third-order valence-corrected chi connectivity index (χ3v) is 16.7. The largest absolute Gasteiger partial charge is 0.481 e. The topological polar surface area (TPSA) is 334 Å². The summed E-state index contributed by atoms with van der Waals surface area (Å²) in [6.07, 6.45) is 3.58. The van der Waals surface area contributed by atoms with E-state index in [2.05, 4.69) is 76.6 Å². The highest BCUT2D eigenvalue weighted by molar-refractivity contribution is 7.80. The van der Waals surface area contributed by atoms with Crippen molar-refractivity contribution in [3.05, 3.63) is 257 Å². The van der Waals surface area contributed by atoms with Gasteiger partial charge >= 0.3 is 18.0 Å². The SMILES string of the molecule is C.CC(C)(C)OC(=O)CCC(=O)O.CC(C)(C)OC(=O)NCC(=O)NCc1ccccc1.Cl.NCC(=O)NCc1ccccc1.NCc1ccccc1.O=C1CCN(C(=S)Nc2ccccc2)CC1.O=C1CCNCC1.O=C1CNC2(CCN(C(=S)Nc3ccccc3)CC2)N1Cc1ccccc1.S=C=Nc1ccccc1.[CH3-].[CH3-].[CH3-]. The molecule has 24 nitrogen and oxygen atoms in total. The first-order valence-electron chi connectivity index (χ1n) is 36.3. The number of benzene rings is 7. The van der Waals surface area contributed by atoms with Crippen LogP contribution in [-0.4, -0.2) is 158 Å². The monoisotopic (exact) mass is 1650 g/mol. The number of amides is 4. The average Bonchev–Trinajstić information content (AvgIpc) is 1.66. The predicted octanol–water partition coefficient (Wildman–Crippen LogP) is 14.1. The number of nitrogens with one attached hydrogen (secondary N) is 7. The molecule has 4 heterocycles. The standard InChI is InChI=1S/C21H24N4OS.C14H20N2O3.C12H14N2OS.C9H12N2O.C8H14O4.C7H5NS.C7H9N.C5H9NO.CH4.3CH3.ClH/c26-19-15-22-21(25(19)16-17-7-3-1-4-8-17)11-13-24(14-12-21)20(27)23-18-9-5-2-6-10-18;1-14(2,3)19-13(18)16-10-12(17)15-9-11-7-5-4-6-8-11;15-11-6-8-14(9-7-11)12(16)13-10-4-2-1-3-5-10;10-6-9(12)11-7-8-4-2-1-3-5-8;1-8(2,3)12-7(11)5-4-6(9)10;9-6-8-7-4-2-1-3-5-7;8-6-7-4-2-1-3-5-7;7-5-1-3-6-4-2-5;;;;;/h1-10,22H,11-16H2,(H,23,27);4-8H,9-10H2,1-3H3,(H,15,17)(H,16,18);1-5H,6-9H2,(H,13,16);1-5H,6-7,10H2,(H,11,12);4-5H2,1-3H3,(H,9,10);1-5H;1-5H,6,8H2;6H,1-4H2;1H4;3*1H3;1H/q;;;;;;;;;3*-1;. The van der Waals surface area contributed by atoms with Crippen molar-refractivity contribution in [1.29, 1.82) is 0 Å².